The molecule has 88 valence electrons. The maximum absolute atomic E-state index is 11.6. The third-order valence-corrected chi connectivity index (χ3v) is 3.11. The van der Waals surface area contributed by atoms with Gasteiger partial charge in [0, 0.05) is 6.42 Å². The van der Waals surface area contributed by atoms with Crippen LogP contribution in [0.15, 0.2) is 0 Å². The smallest absolute Gasteiger partial charge is 0.312 e. The Labute approximate surface area is 90.5 Å². The van der Waals surface area contributed by atoms with E-state index in [1.807, 2.05) is 27.7 Å². The van der Waals surface area contributed by atoms with Gasteiger partial charge < -0.3 is 4.74 Å². The van der Waals surface area contributed by atoms with E-state index < -0.39 is 11.7 Å². The third-order valence-electron chi connectivity index (χ3n) is 3.11. The molecule has 0 aromatic rings. The lowest BCUT2D eigenvalue weighted by Gasteiger charge is -2.23. The Morgan fingerprint density at radius 3 is 2.60 bits per heavy atom. The second-order valence-electron chi connectivity index (χ2n) is 4.95. The predicted octanol–water partition coefficient (Wildman–Crippen LogP) is 2.23. The molecule has 0 spiro atoms. The quantitative estimate of drug-likeness (QED) is 0.445. The van der Waals surface area contributed by atoms with E-state index in [9.17, 15) is 4.79 Å². The summed E-state index contributed by atoms with van der Waals surface area (Å²) in [5, 5.41) is 8.87. The van der Waals surface area contributed by atoms with Crippen molar-refractivity contribution in [2.24, 2.45) is 11.8 Å². The van der Waals surface area contributed by atoms with E-state index >= 15 is 0 Å². The lowest BCUT2D eigenvalue weighted by molar-refractivity contribution is -0.298. The van der Waals surface area contributed by atoms with Crippen molar-refractivity contribution < 1.29 is 19.7 Å². The fourth-order valence-electron chi connectivity index (χ4n) is 2.06. The fraction of sp³-hybridized carbons (Fsp3) is 0.909. The van der Waals surface area contributed by atoms with Crippen molar-refractivity contribution in [1.82, 2.24) is 0 Å². The van der Waals surface area contributed by atoms with Crippen LogP contribution in [-0.4, -0.2) is 22.9 Å². The van der Waals surface area contributed by atoms with Gasteiger partial charge in [-0.2, -0.15) is 0 Å². The maximum Gasteiger partial charge on any atom is 0.312 e. The monoisotopic (exact) mass is 216 g/mol. The molecule has 1 aliphatic rings. The first-order valence-electron chi connectivity index (χ1n) is 5.44. The summed E-state index contributed by atoms with van der Waals surface area (Å²) in [6.07, 6.45) is 1.00. The van der Waals surface area contributed by atoms with Crippen molar-refractivity contribution in [3.05, 3.63) is 0 Å². The molecule has 0 saturated carbocycles. The van der Waals surface area contributed by atoms with Crippen molar-refractivity contribution in [3.8, 4) is 0 Å². The molecule has 0 aromatic heterocycles. The maximum atomic E-state index is 11.6. The number of cyclic esters (lactones) is 1. The summed E-state index contributed by atoms with van der Waals surface area (Å²) in [6, 6.07) is 0. The molecule has 1 N–H and O–H groups in total. The molecule has 15 heavy (non-hydrogen) atoms. The van der Waals surface area contributed by atoms with Crippen molar-refractivity contribution in [2.75, 3.05) is 0 Å². The van der Waals surface area contributed by atoms with E-state index in [2.05, 4.69) is 4.89 Å². The Hall–Kier alpha value is -0.610. The normalized spacial score (nSPS) is 28.6. The molecule has 3 atom stereocenters. The van der Waals surface area contributed by atoms with Crippen LogP contribution >= 0.6 is 0 Å². The topological polar surface area (TPSA) is 55.8 Å². The van der Waals surface area contributed by atoms with E-state index in [0.29, 0.717) is 6.42 Å². The van der Waals surface area contributed by atoms with Crippen LogP contribution in [0.2, 0.25) is 0 Å². The Balaban J connectivity index is 2.74. The van der Waals surface area contributed by atoms with Crippen molar-refractivity contribution in [1.29, 1.82) is 0 Å². The number of carbonyl (C=O) groups excluding carboxylic acids is 1. The number of rotatable bonds is 4. The van der Waals surface area contributed by atoms with Crippen LogP contribution in [0.5, 0.6) is 0 Å². The van der Waals surface area contributed by atoms with Crippen LogP contribution in [0.1, 0.15) is 40.5 Å². The molecule has 0 radical (unpaired) electrons. The molecule has 0 aliphatic carbocycles. The van der Waals surface area contributed by atoms with Crippen molar-refractivity contribution in [3.63, 3.8) is 0 Å². The molecule has 1 saturated heterocycles. The minimum atomic E-state index is -0.454. The molecule has 1 rings (SSSR count). The predicted molar refractivity (Wildman–Crippen MR) is 55.2 cm³/mol. The average molecular weight is 216 g/mol. The van der Waals surface area contributed by atoms with Crippen LogP contribution in [0.4, 0.5) is 0 Å². The van der Waals surface area contributed by atoms with Gasteiger partial charge in [0.05, 0.1) is 5.92 Å². The van der Waals surface area contributed by atoms with Crippen LogP contribution in [0, 0.1) is 11.8 Å². The van der Waals surface area contributed by atoms with Gasteiger partial charge in [-0.15, -0.1) is 0 Å². The summed E-state index contributed by atoms with van der Waals surface area (Å²) >= 11 is 0. The molecule has 1 heterocycles. The minimum Gasteiger partial charge on any atom is -0.459 e. The van der Waals surface area contributed by atoms with E-state index in [-0.39, 0.29) is 17.8 Å². The molecule has 1 fully saturated rings. The molecular formula is C11H20O4. The fourth-order valence-corrected chi connectivity index (χ4v) is 2.06. The Morgan fingerprint density at radius 2 is 2.27 bits per heavy atom. The van der Waals surface area contributed by atoms with Crippen LogP contribution in [-0.2, 0) is 14.4 Å². The second-order valence-corrected chi connectivity index (χ2v) is 4.95. The van der Waals surface area contributed by atoms with Gasteiger partial charge in [-0.1, -0.05) is 20.3 Å². The van der Waals surface area contributed by atoms with Gasteiger partial charge in [0.2, 0.25) is 0 Å². The Bertz CT molecular complexity index is 237. The first kappa shape index (κ1) is 12.5. The van der Waals surface area contributed by atoms with Crippen LogP contribution < -0.4 is 0 Å². The minimum absolute atomic E-state index is 0.140. The summed E-state index contributed by atoms with van der Waals surface area (Å²) in [4.78, 5) is 16.0. The highest BCUT2D eigenvalue weighted by molar-refractivity contribution is 5.76. The van der Waals surface area contributed by atoms with Gasteiger partial charge >= 0.3 is 5.97 Å². The largest absolute Gasteiger partial charge is 0.459 e. The zero-order valence-corrected chi connectivity index (χ0v) is 9.82. The van der Waals surface area contributed by atoms with E-state index in [1.165, 1.54) is 0 Å². The highest BCUT2D eigenvalue weighted by atomic mass is 17.1. The molecule has 4 heteroatoms. The number of ether oxygens (including phenoxy) is 1. The van der Waals surface area contributed by atoms with Crippen molar-refractivity contribution in [2.45, 2.75) is 52.2 Å². The van der Waals surface area contributed by atoms with E-state index in [1.54, 1.807) is 0 Å². The summed E-state index contributed by atoms with van der Waals surface area (Å²) in [7, 11) is 0. The zero-order chi connectivity index (χ0) is 11.6. The van der Waals surface area contributed by atoms with E-state index in [0.717, 1.165) is 6.42 Å². The number of hydrogen-bond donors (Lipinski definition) is 1. The SMILES string of the molecule is CCC(C)C(OO)C1CC(C)(C)OC1=O. The summed E-state index contributed by atoms with van der Waals surface area (Å²) in [5.41, 5.74) is -0.439. The van der Waals surface area contributed by atoms with Gasteiger partial charge in [0.15, 0.2) is 0 Å². The van der Waals surface area contributed by atoms with Gasteiger partial charge in [-0.05, 0) is 19.8 Å². The number of hydrogen-bond acceptors (Lipinski definition) is 4. The molecule has 1 aliphatic heterocycles. The van der Waals surface area contributed by atoms with Gasteiger partial charge in [0.1, 0.15) is 11.7 Å². The lowest BCUT2D eigenvalue weighted by atomic mass is 9.86. The molecular weight excluding hydrogens is 196 g/mol. The zero-order valence-electron chi connectivity index (χ0n) is 9.82. The molecule has 0 bridgehead atoms. The summed E-state index contributed by atoms with van der Waals surface area (Å²) in [5.74, 6) is -0.472. The molecule has 0 aromatic carbocycles. The highest BCUT2D eigenvalue weighted by Gasteiger charge is 2.46. The summed E-state index contributed by atoms with van der Waals surface area (Å²) in [6.45, 7) is 7.70. The molecule has 3 unspecified atom stereocenters. The standard InChI is InChI=1S/C11H20O4/c1-5-7(2)9(15-13)8-6-11(3,4)14-10(8)12/h7-9,13H,5-6H2,1-4H3. The first-order valence-corrected chi connectivity index (χ1v) is 5.44. The second kappa shape index (κ2) is 4.49. The Kier molecular flexibility index (Phi) is 3.73. The highest BCUT2D eigenvalue weighted by Crippen LogP contribution is 2.36. The average Bonchev–Trinajstić information content (AvgIpc) is 2.41. The molecule has 4 nitrogen and oxygen atoms in total. The lowest BCUT2D eigenvalue weighted by Crippen LogP contribution is -2.32. The van der Waals surface area contributed by atoms with Crippen LogP contribution in [0.25, 0.3) is 0 Å². The molecule has 0 amide bonds. The van der Waals surface area contributed by atoms with E-state index in [4.69, 9.17) is 9.99 Å². The first-order chi connectivity index (χ1) is 6.91. The van der Waals surface area contributed by atoms with Gasteiger partial charge in [0.25, 0.3) is 0 Å². The van der Waals surface area contributed by atoms with Gasteiger partial charge in [-0.25, -0.2) is 4.89 Å². The third kappa shape index (κ3) is 2.69. The number of esters is 1. The summed E-state index contributed by atoms with van der Waals surface area (Å²) < 4.78 is 5.21. The van der Waals surface area contributed by atoms with Crippen LogP contribution in [0.3, 0.4) is 0 Å². The number of carbonyl (C=O) groups is 1. The van der Waals surface area contributed by atoms with Gasteiger partial charge in [-0.3, -0.25) is 10.1 Å². The Morgan fingerprint density at radius 1 is 1.67 bits per heavy atom. The van der Waals surface area contributed by atoms with Crippen molar-refractivity contribution >= 4 is 5.97 Å².